The van der Waals surface area contributed by atoms with Crippen LogP contribution in [-0.4, -0.2) is 6.29 Å². The lowest BCUT2D eigenvalue weighted by Crippen LogP contribution is -1.98. The second-order valence-corrected chi connectivity index (χ2v) is 4.20. The molecule has 0 aliphatic carbocycles. The van der Waals surface area contributed by atoms with Crippen LogP contribution in [0.15, 0.2) is 66.7 Å². The van der Waals surface area contributed by atoms with E-state index >= 15 is 0 Å². The summed E-state index contributed by atoms with van der Waals surface area (Å²) in [6, 6.07) is 20.0. The Kier molecular flexibility index (Phi) is 4.48. The van der Waals surface area contributed by atoms with Gasteiger partial charge < -0.3 is 4.79 Å². The normalized spacial score (nSPS) is 12.4. The minimum atomic E-state index is -0.0498. The molecule has 0 N–H and O–H groups in total. The van der Waals surface area contributed by atoms with Gasteiger partial charge in [-0.25, -0.2) is 0 Å². The first-order valence-corrected chi connectivity index (χ1v) is 6.12. The highest BCUT2D eigenvalue weighted by atomic mass is 16.1. The van der Waals surface area contributed by atoms with Gasteiger partial charge in [0.15, 0.2) is 0 Å². The molecule has 0 amide bonds. The quantitative estimate of drug-likeness (QED) is 0.715. The van der Waals surface area contributed by atoms with Crippen molar-refractivity contribution in [1.29, 1.82) is 0 Å². The molecule has 0 heterocycles. The SMILES string of the molecule is O=CC(C/C=C/c1ccccc1)c1ccccc1. The first kappa shape index (κ1) is 12.3. The molecule has 2 aromatic rings. The lowest BCUT2D eigenvalue weighted by molar-refractivity contribution is -0.109. The highest BCUT2D eigenvalue weighted by molar-refractivity contribution is 5.63. The Morgan fingerprint density at radius 2 is 1.50 bits per heavy atom. The zero-order valence-corrected chi connectivity index (χ0v) is 10.2. The van der Waals surface area contributed by atoms with Crippen molar-refractivity contribution >= 4 is 12.4 Å². The second-order valence-electron chi connectivity index (χ2n) is 4.20. The molecule has 0 fully saturated rings. The Labute approximate surface area is 108 Å². The largest absolute Gasteiger partial charge is 0.303 e. The fourth-order valence-corrected chi connectivity index (χ4v) is 1.89. The van der Waals surface area contributed by atoms with Crippen molar-refractivity contribution in [2.24, 2.45) is 0 Å². The summed E-state index contributed by atoms with van der Waals surface area (Å²) < 4.78 is 0. The number of benzene rings is 2. The fourth-order valence-electron chi connectivity index (χ4n) is 1.89. The lowest BCUT2D eigenvalue weighted by Gasteiger charge is -2.07. The van der Waals surface area contributed by atoms with Crippen LogP contribution in [0.25, 0.3) is 6.08 Å². The van der Waals surface area contributed by atoms with E-state index in [0.29, 0.717) is 0 Å². The third-order valence-electron chi connectivity index (χ3n) is 2.89. The Morgan fingerprint density at radius 1 is 0.889 bits per heavy atom. The molecule has 0 aromatic heterocycles. The van der Waals surface area contributed by atoms with Crippen molar-refractivity contribution in [3.8, 4) is 0 Å². The van der Waals surface area contributed by atoms with Gasteiger partial charge in [0.25, 0.3) is 0 Å². The maximum atomic E-state index is 11.1. The van der Waals surface area contributed by atoms with Crippen molar-refractivity contribution in [1.82, 2.24) is 0 Å². The van der Waals surface area contributed by atoms with Gasteiger partial charge in [0.05, 0.1) is 0 Å². The van der Waals surface area contributed by atoms with E-state index in [2.05, 4.69) is 24.3 Å². The molecule has 1 nitrogen and oxygen atoms in total. The molecule has 0 saturated heterocycles. The van der Waals surface area contributed by atoms with Gasteiger partial charge in [0.1, 0.15) is 6.29 Å². The smallest absolute Gasteiger partial charge is 0.127 e. The maximum Gasteiger partial charge on any atom is 0.127 e. The van der Waals surface area contributed by atoms with E-state index in [4.69, 9.17) is 0 Å². The zero-order chi connectivity index (χ0) is 12.6. The molecule has 0 spiro atoms. The number of hydrogen-bond acceptors (Lipinski definition) is 1. The van der Waals surface area contributed by atoms with E-state index in [1.54, 1.807) is 0 Å². The summed E-state index contributed by atoms with van der Waals surface area (Å²) in [6.45, 7) is 0. The Morgan fingerprint density at radius 3 is 2.11 bits per heavy atom. The third-order valence-corrected chi connectivity index (χ3v) is 2.89. The summed E-state index contributed by atoms with van der Waals surface area (Å²) in [7, 11) is 0. The molecule has 90 valence electrons. The van der Waals surface area contributed by atoms with Crippen molar-refractivity contribution in [2.45, 2.75) is 12.3 Å². The minimum absolute atomic E-state index is 0.0498. The van der Waals surface area contributed by atoms with Gasteiger partial charge in [-0.05, 0) is 17.5 Å². The first-order chi connectivity index (χ1) is 8.90. The van der Waals surface area contributed by atoms with Gasteiger partial charge in [0.2, 0.25) is 0 Å². The summed E-state index contributed by atoms with van der Waals surface area (Å²) >= 11 is 0. The minimum Gasteiger partial charge on any atom is -0.303 e. The number of hydrogen-bond donors (Lipinski definition) is 0. The lowest BCUT2D eigenvalue weighted by atomic mass is 9.97. The molecule has 0 aliphatic rings. The summed E-state index contributed by atoms with van der Waals surface area (Å²) in [5, 5.41) is 0. The Hall–Kier alpha value is -2.15. The fraction of sp³-hybridized carbons (Fsp3) is 0.118. The monoisotopic (exact) mass is 236 g/mol. The van der Waals surface area contributed by atoms with Gasteiger partial charge >= 0.3 is 0 Å². The Bertz CT molecular complexity index is 500. The molecule has 1 heteroatoms. The molecule has 2 aromatic carbocycles. The van der Waals surface area contributed by atoms with Crippen LogP contribution in [0.4, 0.5) is 0 Å². The van der Waals surface area contributed by atoms with Gasteiger partial charge in [-0.2, -0.15) is 0 Å². The molecule has 0 radical (unpaired) electrons. The molecule has 1 unspecified atom stereocenters. The van der Waals surface area contributed by atoms with Crippen LogP contribution in [0.3, 0.4) is 0 Å². The zero-order valence-electron chi connectivity index (χ0n) is 10.2. The van der Waals surface area contributed by atoms with Crippen LogP contribution in [0.2, 0.25) is 0 Å². The summed E-state index contributed by atoms with van der Waals surface area (Å²) in [4.78, 5) is 11.1. The average molecular weight is 236 g/mol. The number of aldehydes is 1. The van der Waals surface area contributed by atoms with E-state index in [1.165, 1.54) is 0 Å². The van der Waals surface area contributed by atoms with Gasteiger partial charge in [0, 0.05) is 5.92 Å². The molecule has 0 aliphatic heterocycles. The highest BCUT2D eigenvalue weighted by Crippen LogP contribution is 2.18. The second kappa shape index (κ2) is 6.55. The van der Waals surface area contributed by atoms with Crippen molar-refractivity contribution in [3.05, 3.63) is 77.9 Å². The molecule has 18 heavy (non-hydrogen) atoms. The molecule has 0 saturated carbocycles. The van der Waals surface area contributed by atoms with Crippen molar-refractivity contribution in [3.63, 3.8) is 0 Å². The topological polar surface area (TPSA) is 17.1 Å². The van der Waals surface area contributed by atoms with Crippen LogP contribution in [0, 0.1) is 0 Å². The van der Waals surface area contributed by atoms with E-state index in [0.717, 1.165) is 23.8 Å². The van der Waals surface area contributed by atoms with Crippen LogP contribution < -0.4 is 0 Å². The van der Waals surface area contributed by atoms with Crippen LogP contribution in [0.5, 0.6) is 0 Å². The highest BCUT2D eigenvalue weighted by Gasteiger charge is 2.06. The summed E-state index contributed by atoms with van der Waals surface area (Å²) in [6.07, 6.45) is 5.87. The third kappa shape index (κ3) is 3.42. The molecule has 1 atom stereocenters. The standard InChI is InChI=1S/C17H16O/c18-14-17(16-11-5-2-6-12-16)13-7-10-15-8-3-1-4-9-15/h1-12,14,17H,13H2/b10-7+. The van der Waals surface area contributed by atoms with Gasteiger partial charge in [-0.1, -0.05) is 72.8 Å². The van der Waals surface area contributed by atoms with E-state index in [9.17, 15) is 4.79 Å². The van der Waals surface area contributed by atoms with Crippen molar-refractivity contribution < 1.29 is 4.79 Å². The molecule has 0 bridgehead atoms. The maximum absolute atomic E-state index is 11.1. The van der Waals surface area contributed by atoms with E-state index < -0.39 is 0 Å². The summed E-state index contributed by atoms with van der Waals surface area (Å²) in [5.74, 6) is -0.0498. The van der Waals surface area contributed by atoms with Gasteiger partial charge in [-0.3, -0.25) is 0 Å². The number of carbonyl (C=O) groups is 1. The van der Waals surface area contributed by atoms with Crippen molar-refractivity contribution in [2.75, 3.05) is 0 Å². The molecule has 2 rings (SSSR count). The van der Waals surface area contributed by atoms with Gasteiger partial charge in [-0.15, -0.1) is 0 Å². The molecular formula is C17H16O. The number of allylic oxidation sites excluding steroid dienone is 1. The molecular weight excluding hydrogens is 220 g/mol. The first-order valence-electron chi connectivity index (χ1n) is 6.12. The summed E-state index contributed by atoms with van der Waals surface area (Å²) in [5.41, 5.74) is 2.24. The predicted molar refractivity (Wildman–Crippen MR) is 75.3 cm³/mol. The Balaban J connectivity index is 2.00. The van der Waals surface area contributed by atoms with E-state index in [-0.39, 0.29) is 5.92 Å². The number of rotatable bonds is 5. The average Bonchev–Trinajstić information content (AvgIpc) is 2.46. The number of carbonyl (C=O) groups excluding carboxylic acids is 1. The van der Waals surface area contributed by atoms with E-state index in [1.807, 2.05) is 48.5 Å². The van der Waals surface area contributed by atoms with Crippen LogP contribution in [0.1, 0.15) is 23.5 Å². The van der Waals surface area contributed by atoms with Crippen LogP contribution >= 0.6 is 0 Å². The predicted octanol–water partition coefficient (Wildman–Crippen LogP) is 4.07. The van der Waals surface area contributed by atoms with Crippen LogP contribution in [-0.2, 0) is 4.79 Å².